The largest absolute Gasteiger partial charge is 0.370 e. The maximum absolute atomic E-state index is 13.7. The lowest BCUT2D eigenvalue weighted by Crippen LogP contribution is -2.57. The first-order valence-corrected chi connectivity index (χ1v) is 17.1. The summed E-state index contributed by atoms with van der Waals surface area (Å²) in [5.41, 5.74) is 17.6. The molecular weight excluding hydrogens is 648 g/mol. The minimum atomic E-state index is -1.14. The molecule has 3 unspecified atom stereocenters. The molecule has 270 valence electrons. The van der Waals surface area contributed by atoms with Crippen molar-refractivity contribution in [1.82, 2.24) is 31.9 Å². The molecule has 49 heavy (non-hydrogen) atoms. The molecule has 0 fully saturated rings. The number of primary amides is 1. The van der Waals surface area contributed by atoms with Crippen molar-refractivity contribution in [3.05, 3.63) is 48.0 Å². The van der Waals surface area contributed by atoms with Crippen LogP contribution in [0.3, 0.4) is 0 Å². The zero-order valence-corrected chi connectivity index (χ0v) is 29.1. The Bertz CT molecular complexity index is 1430. The van der Waals surface area contributed by atoms with Crippen LogP contribution in [0.15, 0.2) is 42.5 Å². The molecule has 0 heterocycles. The van der Waals surface area contributed by atoms with Crippen LogP contribution in [0.2, 0.25) is 0 Å². The molecule has 13 N–H and O–H groups in total. The maximum atomic E-state index is 13.7. The van der Waals surface area contributed by atoms with Crippen molar-refractivity contribution >= 4 is 58.9 Å². The van der Waals surface area contributed by atoms with Gasteiger partial charge in [-0.3, -0.25) is 29.4 Å². The molecule has 0 spiro atoms. The number of rotatable bonds is 22. The summed E-state index contributed by atoms with van der Waals surface area (Å²) in [6.45, 7) is 4.68. The van der Waals surface area contributed by atoms with Gasteiger partial charge in [-0.25, -0.2) is 0 Å². The first kappa shape index (κ1) is 40.8. The molecule has 5 amide bonds. The fourth-order valence-corrected chi connectivity index (χ4v) is 5.18. The maximum Gasteiger partial charge on any atom is 0.243 e. The van der Waals surface area contributed by atoms with Crippen LogP contribution in [0.5, 0.6) is 0 Å². The van der Waals surface area contributed by atoms with Crippen molar-refractivity contribution < 1.29 is 24.0 Å². The van der Waals surface area contributed by atoms with E-state index in [0.29, 0.717) is 25.3 Å². The summed E-state index contributed by atoms with van der Waals surface area (Å²) in [7, 11) is 0. The predicted octanol–water partition coefficient (Wildman–Crippen LogP) is -0.873. The molecule has 0 radical (unpaired) electrons. The van der Waals surface area contributed by atoms with Gasteiger partial charge in [0.05, 0.1) is 12.6 Å². The fourth-order valence-electron chi connectivity index (χ4n) is 4.91. The lowest BCUT2D eigenvalue weighted by atomic mass is 10.0. The highest BCUT2D eigenvalue weighted by Crippen LogP contribution is 2.17. The number of carbonyl (C=O) groups is 5. The lowest BCUT2D eigenvalue weighted by Gasteiger charge is -2.25. The first-order valence-electron chi connectivity index (χ1n) is 16.4. The summed E-state index contributed by atoms with van der Waals surface area (Å²) in [5.74, 6) is -3.48. The van der Waals surface area contributed by atoms with Crippen LogP contribution in [0.25, 0.3) is 10.8 Å². The minimum absolute atomic E-state index is 0.0241. The third kappa shape index (κ3) is 15.6. The van der Waals surface area contributed by atoms with E-state index >= 15 is 0 Å². The number of fused-ring (bicyclic) bond motifs is 1. The topological polar surface area (TPSA) is 259 Å². The Kier molecular flexibility index (Phi) is 17.9. The molecule has 0 aliphatic rings. The SMILES string of the molecule is CC(C)NCCCCC(N)C(=O)N[C@H](CCCNC(=N)N)C(=O)NC(Cc1ccc2ccccc2c1)C(=O)NCC(=O)NC(CS)C(N)=O. The highest BCUT2D eigenvalue weighted by Gasteiger charge is 2.29. The number of nitrogens with one attached hydrogen (secondary N) is 7. The number of hydrogen-bond donors (Lipinski definition) is 11. The molecular formula is C33H52N10O5S. The molecule has 2 aromatic carbocycles. The number of thiol groups is 1. The van der Waals surface area contributed by atoms with Crippen LogP contribution in [-0.2, 0) is 30.4 Å². The van der Waals surface area contributed by atoms with Gasteiger partial charge in [-0.15, -0.1) is 0 Å². The van der Waals surface area contributed by atoms with Crippen LogP contribution < -0.4 is 49.1 Å². The van der Waals surface area contributed by atoms with Crippen molar-refractivity contribution in [2.45, 2.75) is 82.6 Å². The van der Waals surface area contributed by atoms with Gasteiger partial charge in [0.15, 0.2) is 5.96 Å². The lowest BCUT2D eigenvalue weighted by molar-refractivity contribution is -0.133. The smallest absolute Gasteiger partial charge is 0.243 e. The Labute approximate surface area is 292 Å². The second kappa shape index (κ2) is 21.5. The van der Waals surface area contributed by atoms with E-state index < -0.39 is 60.2 Å². The molecule has 2 rings (SSSR count). The Morgan fingerprint density at radius 3 is 2.12 bits per heavy atom. The highest BCUT2D eigenvalue weighted by molar-refractivity contribution is 7.80. The number of benzene rings is 2. The van der Waals surface area contributed by atoms with Gasteiger partial charge in [0.1, 0.15) is 18.1 Å². The van der Waals surface area contributed by atoms with Crippen molar-refractivity contribution in [3.8, 4) is 0 Å². The van der Waals surface area contributed by atoms with E-state index in [1.54, 1.807) is 0 Å². The summed E-state index contributed by atoms with van der Waals surface area (Å²) >= 11 is 4.01. The molecule has 0 aliphatic heterocycles. The van der Waals surface area contributed by atoms with Crippen LogP contribution >= 0.6 is 12.6 Å². The van der Waals surface area contributed by atoms with E-state index in [0.717, 1.165) is 29.3 Å². The monoisotopic (exact) mass is 700 g/mol. The molecule has 4 atom stereocenters. The molecule has 0 saturated carbocycles. The van der Waals surface area contributed by atoms with E-state index in [2.05, 4.69) is 58.4 Å². The number of carbonyl (C=O) groups excluding carboxylic acids is 5. The third-order valence-corrected chi connectivity index (χ3v) is 7.99. The first-order chi connectivity index (χ1) is 23.3. The molecule has 0 aromatic heterocycles. The number of amides is 5. The molecule has 0 bridgehead atoms. The molecule has 0 saturated heterocycles. The van der Waals surface area contributed by atoms with E-state index in [1.165, 1.54) is 0 Å². The Morgan fingerprint density at radius 2 is 1.47 bits per heavy atom. The minimum Gasteiger partial charge on any atom is -0.370 e. The molecule has 16 heteroatoms. The summed E-state index contributed by atoms with van der Waals surface area (Å²) in [6.07, 6.45) is 2.56. The van der Waals surface area contributed by atoms with Crippen molar-refractivity contribution in [3.63, 3.8) is 0 Å². The predicted molar refractivity (Wildman–Crippen MR) is 194 cm³/mol. The van der Waals surface area contributed by atoms with E-state index in [9.17, 15) is 24.0 Å². The van der Waals surface area contributed by atoms with Crippen LogP contribution in [0.4, 0.5) is 0 Å². The Morgan fingerprint density at radius 1 is 0.776 bits per heavy atom. The second-order valence-electron chi connectivity index (χ2n) is 12.1. The summed E-state index contributed by atoms with van der Waals surface area (Å²) < 4.78 is 0. The van der Waals surface area contributed by atoms with Crippen molar-refractivity contribution in [2.75, 3.05) is 25.4 Å². The standard InChI is InChI=1S/C33H52N10O5S/c1-20(2)38-14-6-5-10-24(34)30(46)42-25(11-7-15-39-33(36)37)32(48)43-26(17-21-12-13-22-8-3-4-9-23(22)16-21)31(47)40-18-28(44)41-27(19-49)29(35)45/h3-4,8-9,12-13,16,20,24-27,38,49H,5-7,10-11,14-15,17-19,34H2,1-2H3,(H2,35,45)(H,40,47)(H,41,44)(H,42,46)(H,43,48)(H4,36,37,39)/t24?,25-,26?,27?/m1/s1. The Hall–Kier alpha value is -4.41. The van der Waals surface area contributed by atoms with Gasteiger partial charge < -0.3 is 49.1 Å². The summed E-state index contributed by atoms with van der Waals surface area (Å²) in [6, 6.07) is 9.62. The van der Waals surface area contributed by atoms with E-state index in [4.69, 9.17) is 22.6 Å². The molecule has 0 aliphatic carbocycles. The average molecular weight is 701 g/mol. The van der Waals surface area contributed by atoms with Crippen LogP contribution in [-0.4, -0.2) is 91.1 Å². The second-order valence-corrected chi connectivity index (χ2v) is 12.5. The van der Waals surface area contributed by atoms with Gasteiger partial charge in [0.2, 0.25) is 29.5 Å². The Balaban J connectivity index is 2.21. The number of nitrogens with two attached hydrogens (primary N) is 3. The fraction of sp³-hybridized carbons (Fsp3) is 0.515. The van der Waals surface area contributed by atoms with E-state index in [1.807, 2.05) is 42.5 Å². The molecule has 2 aromatic rings. The normalized spacial score (nSPS) is 13.5. The third-order valence-electron chi connectivity index (χ3n) is 7.62. The van der Waals surface area contributed by atoms with Gasteiger partial charge in [-0.1, -0.05) is 62.7 Å². The van der Waals surface area contributed by atoms with Crippen LogP contribution in [0.1, 0.15) is 51.5 Å². The van der Waals surface area contributed by atoms with E-state index in [-0.39, 0.29) is 31.1 Å². The van der Waals surface area contributed by atoms with Crippen molar-refractivity contribution in [2.24, 2.45) is 17.2 Å². The van der Waals surface area contributed by atoms with Crippen LogP contribution in [0, 0.1) is 5.41 Å². The van der Waals surface area contributed by atoms with Gasteiger partial charge in [0.25, 0.3) is 0 Å². The van der Waals surface area contributed by atoms with Gasteiger partial charge in [-0.05, 0) is 48.6 Å². The number of hydrogen-bond acceptors (Lipinski definition) is 9. The zero-order valence-electron chi connectivity index (χ0n) is 28.2. The van der Waals surface area contributed by atoms with Gasteiger partial charge >= 0.3 is 0 Å². The number of unbranched alkanes of at least 4 members (excludes halogenated alkanes) is 1. The zero-order chi connectivity index (χ0) is 36.3. The van der Waals surface area contributed by atoms with Crippen molar-refractivity contribution in [1.29, 1.82) is 5.41 Å². The molecule has 15 nitrogen and oxygen atoms in total. The number of guanidine groups is 1. The summed E-state index contributed by atoms with van der Waals surface area (Å²) in [4.78, 5) is 64.2. The average Bonchev–Trinajstić information content (AvgIpc) is 3.06. The summed E-state index contributed by atoms with van der Waals surface area (Å²) in [5, 5.41) is 25.7. The highest BCUT2D eigenvalue weighted by atomic mass is 32.1. The quantitative estimate of drug-likeness (QED) is 0.0315. The van der Waals surface area contributed by atoms with Gasteiger partial charge in [-0.2, -0.15) is 12.6 Å². The van der Waals surface area contributed by atoms with Gasteiger partial charge in [0, 0.05) is 24.8 Å².